The molecule has 0 unspecified atom stereocenters. The van der Waals surface area contributed by atoms with Crippen LogP contribution in [0.2, 0.25) is 0 Å². The number of aromatic hydroxyl groups is 1. The summed E-state index contributed by atoms with van der Waals surface area (Å²) in [5, 5.41) is 9.80. The standard InChI is InChI=1S/C16H17NO2/c1-17(2)11-14-10-13(8-9-15(14)18)16(19)12-6-4-3-5-7-12/h3-10,18H,11H2,1-2H3. The lowest BCUT2D eigenvalue weighted by molar-refractivity contribution is 0.103. The second-order valence-electron chi connectivity index (χ2n) is 4.78. The van der Waals surface area contributed by atoms with Crippen molar-refractivity contribution in [1.82, 2.24) is 4.90 Å². The SMILES string of the molecule is CN(C)Cc1cc(C(=O)c2ccccc2)ccc1O. The van der Waals surface area contributed by atoms with Crippen molar-refractivity contribution in [2.24, 2.45) is 0 Å². The largest absolute Gasteiger partial charge is 0.508 e. The Morgan fingerprint density at radius 1 is 1.05 bits per heavy atom. The molecule has 0 radical (unpaired) electrons. The molecule has 0 fully saturated rings. The van der Waals surface area contributed by atoms with Gasteiger partial charge in [0.25, 0.3) is 0 Å². The van der Waals surface area contributed by atoms with Crippen molar-refractivity contribution in [2.45, 2.75) is 6.54 Å². The number of ketones is 1. The molecule has 0 aliphatic carbocycles. The van der Waals surface area contributed by atoms with E-state index in [1.165, 1.54) is 0 Å². The van der Waals surface area contributed by atoms with E-state index in [-0.39, 0.29) is 11.5 Å². The molecule has 0 aromatic heterocycles. The molecule has 0 bridgehead atoms. The van der Waals surface area contributed by atoms with Gasteiger partial charge in [-0.2, -0.15) is 0 Å². The Morgan fingerprint density at radius 3 is 2.37 bits per heavy atom. The van der Waals surface area contributed by atoms with Crippen molar-refractivity contribution >= 4 is 5.78 Å². The van der Waals surface area contributed by atoms with Gasteiger partial charge < -0.3 is 10.0 Å². The molecule has 0 saturated heterocycles. The van der Waals surface area contributed by atoms with Crippen LogP contribution in [0.15, 0.2) is 48.5 Å². The van der Waals surface area contributed by atoms with E-state index in [2.05, 4.69) is 0 Å². The molecule has 0 aliphatic rings. The summed E-state index contributed by atoms with van der Waals surface area (Å²) in [6, 6.07) is 14.1. The molecule has 0 atom stereocenters. The zero-order chi connectivity index (χ0) is 13.8. The van der Waals surface area contributed by atoms with Gasteiger partial charge in [-0.25, -0.2) is 0 Å². The van der Waals surface area contributed by atoms with E-state index in [4.69, 9.17) is 0 Å². The molecule has 0 saturated carbocycles. The van der Waals surface area contributed by atoms with Gasteiger partial charge in [-0.15, -0.1) is 0 Å². The van der Waals surface area contributed by atoms with Crippen molar-refractivity contribution in [3.05, 3.63) is 65.2 Å². The number of phenolic OH excluding ortho intramolecular Hbond substituents is 1. The van der Waals surface area contributed by atoms with Gasteiger partial charge in [0.15, 0.2) is 5.78 Å². The molecule has 3 heteroatoms. The normalized spacial score (nSPS) is 10.7. The highest BCUT2D eigenvalue weighted by atomic mass is 16.3. The van der Waals surface area contributed by atoms with Crippen LogP contribution in [0.5, 0.6) is 5.75 Å². The molecule has 98 valence electrons. The van der Waals surface area contributed by atoms with Gasteiger partial charge in [0, 0.05) is 23.2 Å². The predicted molar refractivity (Wildman–Crippen MR) is 75.4 cm³/mol. The number of carbonyl (C=O) groups excluding carboxylic acids is 1. The van der Waals surface area contributed by atoms with Gasteiger partial charge in [0.05, 0.1) is 0 Å². The molecule has 2 aromatic carbocycles. The summed E-state index contributed by atoms with van der Waals surface area (Å²) in [4.78, 5) is 14.3. The Morgan fingerprint density at radius 2 is 1.74 bits per heavy atom. The lowest BCUT2D eigenvalue weighted by Gasteiger charge is -2.12. The number of rotatable bonds is 4. The van der Waals surface area contributed by atoms with E-state index >= 15 is 0 Å². The molecule has 0 heterocycles. The van der Waals surface area contributed by atoms with Gasteiger partial charge >= 0.3 is 0 Å². The Balaban J connectivity index is 2.33. The molecule has 2 aromatic rings. The van der Waals surface area contributed by atoms with Crippen LogP contribution in [-0.2, 0) is 6.54 Å². The van der Waals surface area contributed by atoms with Crippen molar-refractivity contribution in [1.29, 1.82) is 0 Å². The lowest BCUT2D eigenvalue weighted by Crippen LogP contribution is -2.11. The second-order valence-corrected chi connectivity index (χ2v) is 4.78. The molecule has 0 amide bonds. The summed E-state index contributed by atoms with van der Waals surface area (Å²) in [6.07, 6.45) is 0. The average molecular weight is 255 g/mol. The Bertz CT molecular complexity index is 577. The van der Waals surface area contributed by atoms with Gasteiger partial charge in [-0.3, -0.25) is 4.79 Å². The van der Waals surface area contributed by atoms with Crippen molar-refractivity contribution in [3.63, 3.8) is 0 Å². The minimum absolute atomic E-state index is 0.0272. The van der Waals surface area contributed by atoms with E-state index in [0.717, 1.165) is 5.56 Å². The van der Waals surface area contributed by atoms with Crippen LogP contribution < -0.4 is 0 Å². The number of hydrogen-bond acceptors (Lipinski definition) is 3. The molecule has 0 spiro atoms. The summed E-state index contributed by atoms with van der Waals surface area (Å²) in [5.74, 6) is 0.193. The third-order valence-corrected chi connectivity index (χ3v) is 2.86. The minimum atomic E-state index is -0.0272. The average Bonchev–Trinajstić information content (AvgIpc) is 2.41. The first-order valence-corrected chi connectivity index (χ1v) is 6.14. The topological polar surface area (TPSA) is 40.5 Å². The number of phenols is 1. The second kappa shape index (κ2) is 5.67. The van der Waals surface area contributed by atoms with Gasteiger partial charge in [0.2, 0.25) is 0 Å². The van der Waals surface area contributed by atoms with E-state index in [1.54, 1.807) is 30.3 Å². The van der Waals surface area contributed by atoms with Crippen LogP contribution in [0.1, 0.15) is 21.5 Å². The minimum Gasteiger partial charge on any atom is -0.508 e. The van der Waals surface area contributed by atoms with Gasteiger partial charge in [-0.1, -0.05) is 30.3 Å². The van der Waals surface area contributed by atoms with Crippen LogP contribution in [0.25, 0.3) is 0 Å². The third-order valence-electron chi connectivity index (χ3n) is 2.86. The van der Waals surface area contributed by atoms with Crippen molar-refractivity contribution in [2.75, 3.05) is 14.1 Å². The number of hydrogen-bond donors (Lipinski definition) is 1. The molecule has 0 aliphatic heterocycles. The Hall–Kier alpha value is -2.13. The fourth-order valence-corrected chi connectivity index (χ4v) is 1.95. The zero-order valence-corrected chi connectivity index (χ0v) is 11.1. The first kappa shape index (κ1) is 13.3. The Kier molecular flexibility index (Phi) is 3.97. The summed E-state index contributed by atoms with van der Waals surface area (Å²) < 4.78 is 0. The third kappa shape index (κ3) is 3.20. The summed E-state index contributed by atoms with van der Waals surface area (Å²) >= 11 is 0. The summed E-state index contributed by atoms with van der Waals surface area (Å²) in [5.41, 5.74) is 2.01. The van der Waals surface area contributed by atoms with E-state index in [1.807, 2.05) is 37.2 Å². The molecular formula is C16H17NO2. The van der Waals surface area contributed by atoms with Crippen LogP contribution >= 0.6 is 0 Å². The summed E-state index contributed by atoms with van der Waals surface area (Å²) in [7, 11) is 3.84. The highest BCUT2D eigenvalue weighted by molar-refractivity contribution is 6.09. The number of benzene rings is 2. The maximum atomic E-state index is 12.3. The first-order chi connectivity index (χ1) is 9.08. The fourth-order valence-electron chi connectivity index (χ4n) is 1.95. The highest BCUT2D eigenvalue weighted by Crippen LogP contribution is 2.21. The van der Waals surface area contributed by atoms with E-state index in [0.29, 0.717) is 17.7 Å². The van der Waals surface area contributed by atoms with Gasteiger partial charge in [-0.05, 0) is 32.3 Å². The molecule has 2 rings (SSSR count). The zero-order valence-electron chi connectivity index (χ0n) is 11.1. The number of carbonyl (C=O) groups is 1. The van der Waals surface area contributed by atoms with E-state index < -0.39 is 0 Å². The van der Waals surface area contributed by atoms with Crippen LogP contribution in [0, 0.1) is 0 Å². The van der Waals surface area contributed by atoms with Crippen LogP contribution in [-0.4, -0.2) is 29.9 Å². The lowest BCUT2D eigenvalue weighted by atomic mass is 10.0. The number of nitrogens with zero attached hydrogens (tertiary/aromatic N) is 1. The smallest absolute Gasteiger partial charge is 0.193 e. The predicted octanol–water partition coefficient (Wildman–Crippen LogP) is 2.68. The highest BCUT2D eigenvalue weighted by Gasteiger charge is 2.11. The quantitative estimate of drug-likeness (QED) is 0.854. The van der Waals surface area contributed by atoms with Crippen LogP contribution in [0.3, 0.4) is 0 Å². The fraction of sp³-hybridized carbons (Fsp3) is 0.188. The van der Waals surface area contributed by atoms with Gasteiger partial charge in [0.1, 0.15) is 5.75 Å². The monoisotopic (exact) mass is 255 g/mol. The first-order valence-electron chi connectivity index (χ1n) is 6.14. The molecule has 3 nitrogen and oxygen atoms in total. The molecular weight excluding hydrogens is 238 g/mol. The van der Waals surface area contributed by atoms with Crippen molar-refractivity contribution in [3.8, 4) is 5.75 Å². The van der Waals surface area contributed by atoms with Crippen molar-refractivity contribution < 1.29 is 9.90 Å². The maximum Gasteiger partial charge on any atom is 0.193 e. The molecule has 19 heavy (non-hydrogen) atoms. The van der Waals surface area contributed by atoms with E-state index in [9.17, 15) is 9.90 Å². The molecule has 1 N–H and O–H groups in total. The Labute approximate surface area is 113 Å². The van der Waals surface area contributed by atoms with Crippen LogP contribution in [0.4, 0.5) is 0 Å². The summed E-state index contributed by atoms with van der Waals surface area (Å²) in [6.45, 7) is 0.599. The maximum absolute atomic E-state index is 12.3.